The Kier molecular flexibility index (Phi) is 9.10. The highest BCUT2D eigenvalue weighted by Crippen LogP contribution is 2.26. The van der Waals surface area contributed by atoms with Crippen molar-refractivity contribution in [3.63, 3.8) is 0 Å². The van der Waals surface area contributed by atoms with Gasteiger partial charge in [0.05, 0.1) is 11.9 Å². The summed E-state index contributed by atoms with van der Waals surface area (Å²) in [7, 11) is -2.25. The molecule has 0 aliphatic carbocycles. The average molecular weight is 522 g/mol. The Bertz CT molecular complexity index is 1360. The zero-order valence-corrected chi connectivity index (χ0v) is 22.9. The molecule has 0 spiro atoms. The molecule has 196 valence electrons. The molecule has 0 aliphatic heterocycles. The molecule has 37 heavy (non-hydrogen) atoms. The molecule has 2 amide bonds. The highest BCUT2D eigenvalue weighted by atomic mass is 32.2. The maximum Gasteiger partial charge on any atom is 0.244 e. The fourth-order valence-electron chi connectivity index (χ4n) is 4.29. The number of benzene rings is 3. The maximum atomic E-state index is 14.0. The van der Waals surface area contributed by atoms with E-state index in [-0.39, 0.29) is 12.5 Å². The largest absolute Gasteiger partial charge is 0.357 e. The molecular weight excluding hydrogens is 486 g/mol. The fraction of sp³-hybridized carbons (Fsp3) is 0.310. The van der Waals surface area contributed by atoms with Gasteiger partial charge in [-0.25, -0.2) is 8.42 Å². The van der Waals surface area contributed by atoms with Crippen LogP contribution >= 0.6 is 0 Å². The predicted molar refractivity (Wildman–Crippen MR) is 148 cm³/mol. The molecule has 0 bridgehead atoms. The minimum Gasteiger partial charge on any atom is -0.357 e. The van der Waals surface area contributed by atoms with Crippen molar-refractivity contribution in [2.24, 2.45) is 0 Å². The highest BCUT2D eigenvalue weighted by molar-refractivity contribution is 7.92. The van der Waals surface area contributed by atoms with Crippen LogP contribution in [0.4, 0.5) is 5.69 Å². The Morgan fingerprint density at radius 2 is 1.49 bits per heavy atom. The molecule has 0 saturated carbocycles. The topological polar surface area (TPSA) is 86.8 Å². The van der Waals surface area contributed by atoms with Crippen molar-refractivity contribution < 1.29 is 18.0 Å². The third-order valence-electron chi connectivity index (χ3n) is 6.64. The van der Waals surface area contributed by atoms with Gasteiger partial charge in [-0.1, -0.05) is 66.7 Å². The number of carbonyl (C=O) groups is 2. The first kappa shape index (κ1) is 27.9. The number of aryl methyl sites for hydroxylation is 2. The van der Waals surface area contributed by atoms with Gasteiger partial charge >= 0.3 is 0 Å². The Hall–Kier alpha value is -3.65. The summed E-state index contributed by atoms with van der Waals surface area (Å²) in [6.07, 6.45) is 1.38. The lowest BCUT2D eigenvalue weighted by Crippen LogP contribution is -2.53. The summed E-state index contributed by atoms with van der Waals surface area (Å²) < 4.78 is 26.9. The van der Waals surface area contributed by atoms with E-state index in [9.17, 15) is 18.0 Å². The van der Waals surface area contributed by atoms with Crippen LogP contribution in [0.5, 0.6) is 0 Å². The van der Waals surface area contributed by atoms with Gasteiger partial charge in [-0.2, -0.15) is 0 Å². The van der Waals surface area contributed by atoms with Crippen molar-refractivity contribution in [1.82, 2.24) is 10.2 Å². The molecule has 0 aromatic heterocycles. The lowest BCUT2D eigenvalue weighted by Gasteiger charge is -2.34. The van der Waals surface area contributed by atoms with E-state index in [1.54, 1.807) is 12.1 Å². The van der Waals surface area contributed by atoms with E-state index in [4.69, 9.17) is 0 Å². The van der Waals surface area contributed by atoms with E-state index in [0.717, 1.165) is 38.4 Å². The smallest absolute Gasteiger partial charge is 0.244 e. The first-order valence-corrected chi connectivity index (χ1v) is 14.0. The van der Waals surface area contributed by atoms with Crippen molar-refractivity contribution in [1.29, 1.82) is 0 Å². The van der Waals surface area contributed by atoms with Gasteiger partial charge in [0.1, 0.15) is 12.6 Å². The molecule has 3 aromatic rings. The molecule has 1 atom stereocenters. The summed E-state index contributed by atoms with van der Waals surface area (Å²) in [6.45, 7) is 5.43. The fourth-order valence-corrected chi connectivity index (χ4v) is 5.19. The molecular formula is C29H35N3O4S. The molecule has 3 aromatic carbocycles. The van der Waals surface area contributed by atoms with Gasteiger partial charge in [-0.05, 0) is 54.7 Å². The second kappa shape index (κ2) is 12.1. The zero-order valence-electron chi connectivity index (χ0n) is 22.1. The Labute approximate surface area is 220 Å². The van der Waals surface area contributed by atoms with E-state index < -0.39 is 28.5 Å². The first-order valence-electron chi connectivity index (χ1n) is 12.2. The SMILES string of the molecule is CNC(=O)[C@H](Cc1ccccc1)N(Cc1ccccc1C)C(=O)CN(c1cccc(C)c1C)S(C)(=O)=O. The summed E-state index contributed by atoms with van der Waals surface area (Å²) in [6, 6.07) is 21.7. The van der Waals surface area contributed by atoms with E-state index in [1.807, 2.05) is 81.4 Å². The van der Waals surface area contributed by atoms with E-state index in [1.165, 1.54) is 11.9 Å². The normalized spacial score (nSPS) is 12.0. The Morgan fingerprint density at radius 3 is 2.11 bits per heavy atom. The predicted octanol–water partition coefficient (Wildman–Crippen LogP) is 3.76. The van der Waals surface area contributed by atoms with Crippen molar-refractivity contribution in [3.05, 3.63) is 101 Å². The number of hydrogen-bond acceptors (Lipinski definition) is 4. The van der Waals surface area contributed by atoms with E-state index >= 15 is 0 Å². The molecule has 0 fully saturated rings. The number of hydrogen-bond donors (Lipinski definition) is 1. The molecule has 7 nitrogen and oxygen atoms in total. The number of sulfonamides is 1. The first-order chi connectivity index (χ1) is 17.5. The summed E-state index contributed by atoms with van der Waals surface area (Å²) in [4.78, 5) is 28.6. The van der Waals surface area contributed by atoms with E-state index in [2.05, 4.69) is 5.32 Å². The van der Waals surface area contributed by atoms with Gasteiger partial charge in [0, 0.05) is 20.0 Å². The molecule has 0 heterocycles. The minimum atomic E-state index is -3.79. The number of carbonyl (C=O) groups excluding carboxylic acids is 2. The van der Waals surface area contributed by atoms with E-state index in [0.29, 0.717) is 12.1 Å². The highest BCUT2D eigenvalue weighted by Gasteiger charge is 2.33. The summed E-state index contributed by atoms with van der Waals surface area (Å²) in [5, 5.41) is 2.69. The number of amides is 2. The summed E-state index contributed by atoms with van der Waals surface area (Å²) in [5.74, 6) is -0.775. The third kappa shape index (κ3) is 6.98. The second-order valence-corrected chi connectivity index (χ2v) is 11.2. The third-order valence-corrected chi connectivity index (χ3v) is 7.77. The summed E-state index contributed by atoms with van der Waals surface area (Å²) in [5.41, 5.74) is 4.90. The number of nitrogens with zero attached hydrogens (tertiary/aromatic N) is 2. The molecule has 3 rings (SSSR count). The molecule has 1 N–H and O–H groups in total. The van der Waals surface area contributed by atoms with Crippen molar-refractivity contribution in [2.75, 3.05) is 24.2 Å². The van der Waals surface area contributed by atoms with Gasteiger partial charge < -0.3 is 10.2 Å². The van der Waals surface area contributed by atoms with Gasteiger partial charge in [0.25, 0.3) is 0 Å². The van der Waals surface area contributed by atoms with Crippen molar-refractivity contribution in [3.8, 4) is 0 Å². The quantitative estimate of drug-likeness (QED) is 0.440. The van der Waals surface area contributed by atoms with Crippen LogP contribution in [0.15, 0.2) is 72.8 Å². The van der Waals surface area contributed by atoms with Gasteiger partial charge in [0.2, 0.25) is 21.8 Å². The number of anilines is 1. The molecule has 8 heteroatoms. The average Bonchev–Trinajstić information content (AvgIpc) is 2.87. The molecule has 0 saturated heterocycles. The lowest BCUT2D eigenvalue weighted by atomic mass is 10.0. The van der Waals surface area contributed by atoms with Crippen LogP contribution < -0.4 is 9.62 Å². The number of nitrogens with one attached hydrogen (secondary N) is 1. The maximum absolute atomic E-state index is 14.0. The van der Waals surface area contributed by atoms with Crippen LogP contribution in [-0.4, -0.2) is 51.0 Å². The van der Waals surface area contributed by atoms with Gasteiger partial charge in [0.15, 0.2) is 0 Å². The summed E-state index contributed by atoms with van der Waals surface area (Å²) >= 11 is 0. The molecule has 0 radical (unpaired) electrons. The van der Waals surface area contributed by atoms with Gasteiger partial charge in [-0.15, -0.1) is 0 Å². The van der Waals surface area contributed by atoms with Crippen molar-refractivity contribution >= 4 is 27.5 Å². The van der Waals surface area contributed by atoms with Crippen LogP contribution in [-0.2, 0) is 32.6 Å². The van der Waals surface area contributed by atoms with Gasteiger partial charge in [-0.3, -0.25) is 13.9 Å². The van der Waals surface area contributed by atoms with Crippen LogP contribution in [0.2, 0.25) is 0 Å². The minimum absolute atomic E-state index is 0.167. The van der Waals surface area contributed by atoms with Crippen molar-refractivity contribution in [2.45, 2.75) is 39.8 Å². The second-order valence-electron chi connectivity index (χ2n) is 9.26. The Morgan fingerprint density at radius 1 is 0.865 bits per heavy atom. The number of rotatable bonds is 10. The van der Waals surface area contributed by atoms with Crippen LogP contribution in [0.1, 0.15) is 27.8 Å². The lowest BCUT2D eigenvalue weighted by molar-refractivity contribution is -0.139. The monoisotopic (exact) mass is 521 g/mol. The number of likely N-dealkylation sites (N-methyl/N-ethyl adjacent to an activating group) is 1. The standard InChI is InChI=1S/C29H35N3O4S/c1-21-13-11-17-26(23(21)3)32(37(5,35)36)20-28(33)31(19-25-16-10-9-12-22(25)2)27(29(34)30-4)18-24-14-7-6-8-15-24/h6-17,27H,18-20H2,1-5H3,(H,30,34)/t27-/m0/s1. The molecule has 0 aliphatic rings. The zero-order chi connectivity index (χ0) is 27.2. The van der Waals surface area contributed by atoms with Crippen LogP contribution in [0.25, 0.3) is 0 Å². The molecule has 0 unspecified atom stereocenters. The van der Waals surface area contributed by atoms with Crippen LogP contribution in [0.3, 0.4) is 0 Å². The van der Waals surface area contributed by atoms with Crippen LogP contribution in [0, 0.1) is 20.8 Å². The Balaban J connectivity index is 2.07.